The zero-order chi connectivity index (χ0) is 42.9. The molecule has 4 aromatic rings. The number of carbonyl (C=O) groups is 4. The highest BCUT2D eigenvalue weighted by molar-refractivity contribution is 6.29. The van der Waals surface area contributed by atoms with Crippen LogP contribution in [-0.2, 0) is 18.9 Å². The molecule has 0 unspecified atom stereocenters. The topological polar surface area (TPSA) is 211 Å². The third kappa shape index (κ3) is 14.0. The average Bonchev–Trinajstić information content (AvgIpc) is 3.16. The van der Waals surface area contributed by atoms with Crippen molar-refractivity contribution in [1.29, 1.82) is 0 Å². The fourth-order valence-corrected chi connectivity index (χ4v) is 5.31. The standard InChI is InChI=1S/C20H23N3O6.C12H16O5.C8H8ClN3O/c1-13(12-26-2)28-15-7-14(20(25)27-3)8-16(9-15)29-18-11-21-17(10-22-18)19(24)23-5-4-6-23;1-8(7-15-2)17-11-5-9(12(14)16-3)4-10(13)6-11;9-7-5-10-6(4-11-7)8(13)12-2-1-3-12/h7-11,13H,4-6,12H2,1-3H3;4-6,8,13H,7H2,1-3H3;4-5H,1-3H2/t13-;8-;/m00./s1. The van der Waals surface area contributed by atoms with Gasteiger partial charge in [-0.25, -0.2) is 29.5 Å². The Morgan fingerprint density at radius 2 is 1.12 bits per heavy atom. The number of halogens is 1. The molecule has 59 heavy (non-hydrogen) atoms. The Labute approximate surface area is 346 Å². The summed E-state index contributed by atoms with van der Waals surface area (Å²) in [5.74, 6) is 0.0202. The van der Waals surface area contributed by atoms with Crippen molar-refractivity contribution >= 4 is 35.4 Å². The lowest BCUT2D eigenvalue weighted by molar-refractivity contribution is 0.0590. The van der Waals surface area contributed by atoms with Crippen molar-refractivity contribution < 1.29 is 57.4 Å². The van der Waals surface area contributed by atoms with Crippen molar-refractivity contribution in [3.63, 3.8) is 0 Å². The molecular weight excluding hydrogens is 792 g/mol. The predicted octanol–water partition coefficient (Wildman–Crippen LogP) is 4.88. The fraction of sp³-hybridized carbons (Fsp3) is 0.400. The van der Waals surface area contributed by atoms with Crippen molar-refractivity contribution in [2.45, 2.75) is 38.9 Å². The van der Waals surface area contributed by atoms with Crippen LogP contribution in [0.2, 0.25) is 5.15 Å². The quantitative estimate of drug-likeness (QED) is 0.168. The molecule has 2 amide bonds. The number of nitrogens with zero attached hydrogens (tertiary/aromatic N) is 6. The molecule has 316 valence electrons. The number of phenols is 1. The van der Waals surface area contributed by atoms with Crippen LogP contribution in [0.1, 0.15) is 68.4 Å². The number of hydrogen-bond donors (Lipinski definition) is 1. The van der Waals surface area contributed by atoms with Gasteiger partial charge < -0.3 is 48.1 Å². The van der Waals surface area contributed by atoms with Crippen LogP contribution in [0.3, 0.4) is 0 Å². The minimum absolute atomic E-state index is 0.0486. The van der Waals surface area contributed by atoms with E-state index < -0.39 is 11.9 Å². The minimum atomic E-state index is -0.527. The van der Waals surface area contributed by atoms with E-state index in [0.29, 0.717) is 41.3 Å². The molecule has 0 saturated carbocycles. The number of carbonyl (C=O) groups excluding carboxylic acids is 4. The number of ether oxygens (including phenoxy) is 7. The second-order valence-corrected chi connectivity index (χ2v) is 13.4. The lowest BCUT2D eigenvalue weighted by atomic mass is 10.2. The van der Waals surface area contributed by atoms with E-state index in [1.807, 2.05) is 13.8 Å². The summed E-state index contributed by atoms with van der Waals surface area (Å²) < 4.78 is 36.3. The smallest absolute Gasteiger partial charge is 0.338 e. The number of esters is 2. The highest BCUT2D eigenvalue weighted by Crippen LogP contribution is 2.28. The number of phenolic OH excluding ortho intramolecular Hbond substituents is 1. The van der Waals surface area contributed by atoms with E-state index in [9.17, 15) is 24.3 Å². The number of amides is 2. The summed E-state index contributed by atoms with van der Waals surface area (Å²) in [5.41, 5.74) is 1.14. The van der Waals surface area contributed by atoms with E-state index in [1.54, 1.807) is 36.2 Å². The predicted molar refractivity (Wildman–Crippen MR) is 211 cm³/mol. The molecule has 0 bridgehead atoms. The Balaban J connectivity index is 0.000000216. The van der Waals surface area contributed by atoms with Crippen molar-refractivity contribution in [3.05, 3.63) is 88.9 Å². The Morgan fingerprint density at radius 3 is 1.54 bits per heavy atom. The molecule has 2 fully saturated rings. The van der Waals surface area contributed by atoms with Gasteiger partial charge in [-0.3, -0.25) is 9.59 Å². The molecule has 0 spiro atoms. The van der Waals surface area contributed by atoms with Crippen LogP contribution < -0.4 is 14.2 Å². The summed E-state index contributed by atoms with van der Waals surface area (Å²) in [6.45, 7) is 7.60. The van der Waals surface area contributed by atoms with Crippen LogP contribution in [0.15, 0.2) is 61.2 Å². The molecule has 2 aromatic heterocycles. The first-order valence-corrected chi connectivity index (χ1v) is 18.7. The third-order valence-corrected chi connectivity index (χ3v) is 8.48. The first-order chi connectivity index (χ1) is 28.3. The van der Waals surface area contributed by atoms with E-state index in [0.717, 1.165) is 39.0 Å². The highest BCUT2D eigenvalue weighted by Gasteiger charge is 2.24. The number of hydrogen-bond acceptors (Lipinski definition) is 16. The summed E-state index contributed by atoms with van der Waals surface area (Å²) in [6, 6.07) is 8.96. The van der Waals surface area contributed by atoms with E-state index in [-0.39, 0.29) is 52.5 Å². The van der Waals surface area contributed by atoms with E-state index >= 15 is 0 Å². The number of aromatic nitrogens is 4. The summed E-state index contributed by atoms with van der Waals surface area (Å²) >= 11 is 5.55. The van der Waals surface area contributed by atoms with Gasteiger partial charge in [0.25, 0.3) is 11.8 Å². The van der Waals surface area contributed by atoms with E-state index in [1.165, 1.54) is 63.3 Å². The summed E-state index contributed by atoms with van der Waals surface area (Å²) in [5, 5.41) is 9.77. The van der Waals surface area contributed by atoms with Gasteiger partial charge in [0.2, 0.25) is 5.88 Å². The second-order valence-electron chi connectivity index (χ2n) is 13.0. The second kappa shape index (κ2) is 22.7. The molecule has 2 saturated heterocycles. The van der Waals surface area contributed by atoms with E-state index in [4.69, 9.17) is 40.0 Å². The van der Waals surface area contributed by atoms with Gasteiger partial charge in [-0.1, -0.05) is 11.6 Å². The Kier molecular flexibility index (Phi) is 17.6. The molecule has 0 radical (unpaired) electrons. The molecule has 18 nitrogen and oxygen atoms in total. The van der Waals surface area contributed by atoms with Gasteiger partial charge in [0, 0.05) is 52.5 Å². The molecule has 4 heterocycles. The molecular formula is C40H47ClN6O12. The van der Waals surface area contributed by atoms with Gasteiger partial charge in [0.05, 0.1) is 63.3 Å². The van der Waals surface area contributed by atoms with Gasteiger partial charge in [-0.2, -0.15) is 0 Å². The maximum absolute atomic E-state index is 12.2. The summed E-state index contributed by atoms with van der Waals surface area (Å²) in [7, 11) is 5.72. The van der Waals surface area contributed by atoms with Crippen LogP contribution in [0.5, 0.6) is 28.9 Å². The largest absolute Gasteiger partial charge is 0.508 e. The maximum atomic E-state index is 12.2. The third-order valence-electron chi connectivity index (χ3n) is 8.29. The molecule has 2 aromatic carbocycles. The van der Waals surface area contributed by atoms with Gasteiger partial charge in [0.15, 0.2) is 0 Å². The number of benzene rings is 2. The molecule has 19 heteroatoms. The number of rotatable bonds is 14. The summed E-state index contributed by atoms with van der Waals surface area (Å²) in [6.07, 6.45) is 7.21. The van der Waals surface area contributed by atoms with Crippen molar-refractivity contribution in [2.75, 3.05) is 67.8 Å². The lowest BCUT2D eigenvalue weighted by Crippen LogP contribution is -2.42. The zero-order valence-electron chi connectivity index (χ0n) is 33.6. The first kappa shape index (κ1) is 45.6. The number of likely N-dealkylation sites (tertiary alicyclic amines) is 2. The SMILES string of the molecule is COC[C@H](C)Oc1cc(O)cc(C(=O)OC)c1.COC[C@H](C)Oc1cc(Oc2cnc(C(=O)N3CCC3)cn2)cc(C(=O)OC)c1.O=C(c1cnc(Cl)cn1)N1CCC1. The number of aromatic hydroxyl groups is 1. The average molecular weight is 839 g/mol. The van der Waals surface area contributed by atoms with Crippen LogP contribution in [0, 0.1) is 0 Å². The first-order valence-electron chi connectivity index (χ1n) is 18.4. The van der Waals surface area contributed by atoms with Gasteiger partial charge >= 0.3 is 11.9 Å². The minimum Gasteiger partial charge on any atom is -0.508 e. The lowest BCUT2D eigenvalue weighted by Gasteiger charge is -2.30. The van der Waals surface area contributed by atoms with E-state index in [2.05, 4.69) is 24.7 Å². The normalized spacial score (nSPS) is 13.7. The molecule has 6 rings (SSSR count). The van der Waals surface area contributed by atoms with Gasteiger partial charge in [-0.15, -0.1) is 0 Å². The number of methoxy groups -OCH3 is 4. The monoisotopic (exact) mass is 838 g/mol. The van der Waals surface area contributed by atoms with Crippen LogP contribution in [0.25, 0.3) is 0 Å². The zero-order valence-corrected chi connectivity index (χ0v) is 34.3. The molecule has 1 N–H and O–H groups in total. The van der Waals surface area contributed by atoms with Crippen LogP contribution in [0.4, 0.5) is 0 Å². The molecule has 0 aliphatic carbocycles. The molecule has 2 aliphatic heterocycles. The van der Waals surface area contributed by atoms with Crippen LogP contribution in [-0.4, -0.2) is 139 Å². The Morgan fingerprint density at radius 1 is 0.644 bits per heavy atom. The van der Waals surface area contributed by atoms with Crippen LogP contribution >= 0.6 is 11.6 Å². The van der Waals surface area contributed by atoms with Crippen molar-refractivity contribution in [2.24, 2.45) is 0 Å². The molecule has 2 aliphatic rings. The molecule has 2 atom stereocenters. The van der Waals surface area contributed by atoms with Crippen molar-refractivity contribution in [1.82, 2.24) is 29.7 Å². The fourth-order valence-electron chi connectivity index (χ4n) is 5.21. The highest BCUT2D eigenvalue weighted by atomic mass is 35.5. The maximum Gasteiger partial charge on any atom is 0.338 e. The Hall–Kier alpha value is -6.11. The van der Waals surface area contributed by atoms with Crippen molar-refractivity contribution in [3.8, 4) is 28.9 Å². The van der Waals surface area contributed by atoms with Gasteiger partial charge in [0.1, 0.15) is 51.7 Å². The summed E-state index contributed by atoms with van der Waals surface area (Å²) in [4.78, 5) is 66.4. The van der Waals surface area contributed by atoms with Gasteiger partial charge in [-0.05, 0) is 51.0 Å². The Bertz CT molecular complexity index is 2010.